The number of nitrogens with zero attached hydrogens (tertiary/aromatic N) is 4. The summed E-state index contributed by atoms with van der Waals surface area (Å²) in [6, 6.07) is 10.2. The van der Waals surface area contributed by atoms with Crippen LogP contribution in [-0.2, 0) is 0 Å². The van der Waals surface area contributed by atoms with Crippen LogP contribution in [0, 0.1) is 13.8 Å². The van der Waals surface area contributed by atoms with Crippen molar-refractivity contribution >= 4 is 11.5 Å². The molecule has 0 aliphatic carbocycles. The van der Waals surface area contributed by atoms with E-state index in [1.165, 1.54) is 0 Å². The highest BCUT2D eigenvalue weighted by Gasteiger charge is 2.23. The van der Waals surface area contributed by atoms with E-state index >= 15 is 0 Å². The predicted molar refractivity (Wildman–Crippen MR) is 123 cm³/mol. The second kappa shape index (κ2) is 9.20. The van der Waals surface area contributed by atoms with Gasteiger partial charge in [-0.2, -0.15) is 0 Å². The highest BCUT2D eigenvalue weighted by molar-refractivity contribution is 5.60. The summed E-state index contributed by atoms with van der Waals surface area (Å²) < 4.78 is 10.8. The van der Waals surface area contributed by atoms with E-state index in [0.29, 0.717) is 6.04 Å². The van der Waals surface area contributed by atoms with Crippen molar-refractivity contribution in [1.29, 1.82) is 0 Å². The molecule has 0 amide bonds. The third kappa shape index (κ3) is 4.71. The smallest absolute Gasteiger partial charge is 0.163 e. The van der Waals surface area contributed by atoms with Crippen molar-refractivity contribution < 1.29 is 9.47 Å². The minimum atomic E-state index is 0.383. The van der Waals surface area contributed by atoms with Crippen molar-refractivity contribution in [1.82, 2.24) is 15.0 Å². The lowest BCUT2D eigenvalue weighted by molar-refractivity contribution is 0.394. The number of benzene rings is 1. The molecule has 1 aliphatic heterocycles. The zero-order chi connectivity index (χ0) is 21.8. The van der Waals surface area contributed by atoms with E-state index in [1.807, 2.05) is 43.5 Å². The molecular weight excluding hydrogens is 390 g/mol. The van der Waals surface area contributed by atoms with E-state index in [2.05, 4.69) is 27.1 Å². The number of pyridine rings is 1. The van der Waals surface area contributed by atoms with Crippen LogP contribution >= 0.6 is 0 Å². The van der Waals surface area contributed by atoms with E-state index in [4.69, 9.17) is 14.5 Å². The lowest BCUT2D eigenvalue weighted by Crippen LogP contribution is -2.40. The molecule has 0 saturated carbocycles. The zero-order valence-electron chi connectivity index (χ0n) is 18.6. The summed E-state index contributed by atoms with van der Waals surface area (Å²) in [5.74, 6) is 3.33. The number of hydrogen-bond donors (Lipinski definition) is 1. The molecule has 1 N–H and O–H groups in total. The molecule has 1 saturated heterocycles. The van der Waals surface area contributed by atoms with Crippen molar-refractivity contribution in [2.24, 2.45) is 0 Å². The number of aryl methyl sites for hydroxylation is 1. The van der Waals surface area contributed by atoms with Crippen molar-refractivity contribution in [2.75, 3.05) is 37.5 Å². The number of rotatable bonds is 6. The number of methoxy groups -OCH3 is 2. The maximum absolute atomic E-state index is 5.39. The normalized spacial score (nSPS) is 14.4. The molecule has 2 aromatic heterocycles. The Hall–Kier alpha value is -3.35. The third-order valence-corrected chi connectivity index (χ3v) is 5.80. The van der Waals surface area contributed by atoms with Crippen LogP contribution in [0.15, 0.2) is 42.7 Å². The van der Waals surface area contributed by atoms with Crippen molar-refractivity contribution in [3.63, 3.8) is 0 Å². The summed E-state index contributed by atoms with van der Waals surface area (Å²) in [7, 11) is 3.34. The van der Waals surface area contributed by atoms with Crippen molar-refractivity contribution in [3.8, 4) is 22.9 Å². The third-order valence-electron chi connectivity index (χ3n) is 5.80. The Morgan fingerprint density at radius 2 is 1.71 bits per heavy atom. The van der Waals surface area contributed by atoms with Crippen LogP contribution in [0.25, 0.3) is 11.4 Å². The fraction of sp³-hybridized carbons (Fsp3) is 0.375. The first-order chi connectivity index (χ1) is 15.1. The summed E-state index contributed by atoms with van der Waals surface area (Å²) in [6.45, 7) is 6.01. The number of piperidine rings is 1. The molecular formula is C24H29N5O2. The Balaban J connectivity index is 1.47. The van der Waals surface area contributed by atoms with Crippen LogP contribution in [0.5, 0.6) is 11.5 Å². The van der Waals surface area contributed by atoms with Gasteiger partial charge in [0.1, 0.15) is 17.3 Å². The lowest BCUT2D eigenvalue weighted by Gasteiger charge is -2.34. The fourth-order valence-corrected chi connectivity index (χ4v) is 3.91. The average molecular weight is 420 g/mol. The van der Waals surface area contributed by atoms with Gasteiger partial charge in [-0.25, -0.2) is 9.97 Å². The minimum absolute atomic E-state index is 0.383. The molecule has 31 heavy (non-hydrogen) atoms. The molecule has 162 valence electrons. The summed E-state index contributed by atoms with van der Waals surface area (Å²) in [5.41, 5.74) is 4.10. The van der Waals surface area contributed by atoms with Gasteiger partial charge in [0.05, 0.1) is 14.2 Å². The van der Waals surface area contributed by atoms with Crippen LogP contribution < -0.4 is 19.7 Å². The SMILES string of the molecule is COc1cc(NC2CCN(c3nc(-c4cccnc4)nc(C)c3C)CC2)cc(OC)c1. The van der Waals surface area contributed by atoms with Gasteiger partial charge in [-0.05, 0) is 38.8 Å². The van der Waals surface area contributed by atoms with Crippen LogP contribution in [-0.4, -0.2) is 48.3 Å². The van der Waals surface area contributed by atoms with E-state index in [-0.39, 0.29) is 0 Å². The number of nitrogens with one attached hydrogen (secondary N) is 1. The van der Waals surface area contributed by atoms with Gasteiger partial charge in [-0.15, -0.1) is 0 Å². The maximum atomic E-state index is 5.39. The summed E-state index contributed by atoms with van der Waals surface area (Å²) in [5, 5.41) is 3.64. The Morgan fingerprint density at radius 1 is 1.00 bits per heavy atom. The summed E-state index contributed by atoms with van der Waals surface area (Å²) in [4.78, 5) is 16.2. The molecule has 0 atom stereocenters. The fourth-order valence-electron chi connectivity index (χ4n) is 3.91. The van der Waals surface area contributed by atoms with Gasteiger partial charge < -0.3 is 19.7 Å². The highest BCUT2D eigenvalue weighted by Crippen LogP contribution is 2.30. The average Bonchev–Trinajstić information content (AvgIpc) is 2.81. The second-order valence-electron chi connectivity index (χ2n) is 7.83. The molecule has 0 bridgehead atoms. The molecule has 0 unspecified atom stereocenters. The number of aromatic nitrogens is 3. The topological polar surface area (TPSA) is 72.4 Å². The second-order valence-corrected chi connectivity index (χ2v) is 7.83. The van der Waals surface area contributed by atoms with E-state index in [0.717, 1.165) is 71.6 Å². The molecule has 7 heteroatoms. The quantitative estimate of drug-likeness (QED) is 0.640. The van der Waals surface area contributed by atoms with Gasteiger partial charge in [0.25, 0.3) is 0 Å². The highest BCUT2D eigenvalue weighted by atomic mass is 16.5. The van der Waals surface area contributed by atoms with E-state index in [1.54, 1.807) is 20.4 Å². The number of ether oxygens (including phenoxy) is 2. The van der Waals surface area contributed by atoms with Crippen LogP contribution in [0.2, 0.25) is 0 Å². The van der Waals surface area contributed by atoms with Gasteiger partial charge in [-0.1, -0.05) is 0 Å². The standard InChI is InChI=1S/C24H29N5O2/c1-16-17(2)26-23(18-6-5-9-25-15-18)28-24(16)29-10-7-19(8-11-29)27-20-12-21(30-3)14-22(13-20)31-4/h5-6,9,12-15,19,27H,7-8,10-11H2,1-4H3. The van der Waals surface area contributed by atoms with Crippen LogP contribution in [0.1, 0.15) is 24.1 Å². The molecule has 1 aliphatic rings. The number of anilines is 2. The molecule has 0 radical (unpaired) electrons. The Kier molecular flexibility index (Phi) is 6.21. The van der Waals surface area contributed by atoms with Crippen LogP contribution in [0.3, 0.4) is 0 Å². The zero-order valence-corrected chi connectivity index (χ0v) is 18.6. The van der Waals surface area contributed by atoms with Gasteiger partial charge in [0.2, 0.25) is 0 Å². The summed E-state index contributed by atoms with van der Waals surface area (Å²) >= 11 is 0. The minimum Gasteiger partial charge on any atom is -0.497 e. The Morgan fingerprint density at radius 3 is 2.32 bits per heavy atom. The maximum Gasteiger partial charge on any atom is 0.163 e. The molecule has 3 heterocycles. The lowest BCUT2D eigenvalue weighted by atomic mass is 10.0. The van der Waals surface area contributed by atoms with E-state index in [9.17, 15) is 0 Å². The molecule has 3 aromatic rings. The van der Waals surface area contributed by atoms with Gasteiger partial charge in [0.15, 0.2) is 5.82 Å². The van der Waals surface area contributed by atoms with Gasteiger partial charge in [0, 0.05) is 72.2 Å². The Bertz CT molecular complexity index is 1010. The Labute approximate surface area is 183 Å². The predicted octanol–water partition coefficient (Wildman–Crippen LogP) is 4.25. The van der Waals surface area contributed by atoms with Crippen LogP contribution in [0.4, 0.5) is 11.5 Å². The molecule has 1 aromatic carbocycles. The van der Waals surface area contributed by atoms with Gasteiger partial charge in [-0.3, -0.25) is 4.98 Å². The molecule has 0 spiro atoms. The van der Waals surface area contributed by atoms with E-state index < -0.39 is 0 Å². The van der Waals surface area contributed by atoms with Crippen molar-refractivity contribution in [3.05, 3.63) is 54.0 Å². The first kappa shape index (κ1) is 20.9. The molecule has 4 rings (SSSR count). The molecule has 7 nitrogen and oxygen atoms in total. The largest absolute Gasteiger partial charge is 0.497 e. The van der Waals surface area contributed by atoms with Gasteiger partial charge >= 0.3 is 0 Å². The monoisotopic (exact) mass is 419 g/mol. The molecule has 1 fully saturated rings. The first-order valence-corrected chi connectivity index (χ1v) is 10.6. The first-order valence-electron chi connectivity index (χ1n) is 10.6. The summed E-state index contributed by atoms with van der Waals surface area (Å²) in [6.07, 6.45) is 5.61. The number of hydrogen-bond acceptors (Lipinski definition) is 7. The van der Waals surface area contributed by atoms with Crippen molar-refractivity contribution in [2.45, 2.75) is 32.7 Å².